The van der Waals surface area contributed by atoms with Crippen LogP contribution in [-0.2, 0) is 4.79 Å². The van der Waals surface area contributed by atoms with Gasteiger partial charge < -0.3 is 10.0 Å². The highest BCUT2D eigenvalue weighted by molar-refractivity contribution is 5.90. The fourth-order valence-electron chi connectivity index (χ4n) is 2.17. The minimum atomic E-state index is -1.11. The first kappa shape index (κ1) is 14.4. The molecule has 7 heteroatoms. The fourth-order valence-corrected chi connectivity index (χ4v) is 2.17. The second-order valence-corrected chi connectivity index (χ2v) is 4.39. The number of hydrogen-bond donors (Lipinski definition) is 1. The molecule has 1 heterocycles. The Labute approximate surface area is 120 Å². The number of carbonyl (C=O) groups is 1. The van der Waals surface area contributed by atoms with Crippen LogP contribution in [0, 0.1) is 10.1 Å². The van der Waals surface area contributed by atoms with Crippen molar-refractivity contribution in [2.75, 3.05) is 6.54 Å². The van der Waals surface area contributed by atoms with E-state index in [1.807, 2.05) is 0 Å². The minimum Gasteiger partial charge on any atom is -0.478 e. The Morgan fingerprint density at radius 1 is 1.57 bits per heavy atom. The van der Waals surface area contributed by atoms with Crippen LogP contribution in [0.5, 0.6) is 0 Å². The van der Waals surface area contributed by atoms with E-state index in [0.29, 0.717) is 12.1 Å². The molecule has 1 aliphatic heterocycles. The summed E-state index contributed by atoms with van der Waals surface area (Å²) in [6.45, 7) is 4.00. The van der Waals surface area contributed by atoms with Gasteiger partial charge in [-0.1, -0.05) is 18.2 Å². The molecular formula is C14H13N3O4. The zero-order valence-electron chi connectivity index (χ0n) is 11.0. The lowest BCUT2D eigenvalue weighted by Gasteiger charge is -2.31. The van der Waals surface area contributed by atoms with Gasteiger partial charge in [-0.3, -0.25) is 10.1 Å². The zero-order chi connectivity index (χ0) is 15.4. The molecule has 0 fully saturated rings. The molecule has 2 rings (SSSR count). The van der Waals surface area contributed by atoms with Crippen LogP contribution in [0.3, 0.4) is 0 Å². The number of benzene rings is 1. The summed E-state index contributed by atoms with van der Waals surface area (Å²) in [6, 6.07) is 5.28. The van der Waals surface area contributed by atoms with Crippen LogP contribution in [-0.4, -0.2) is 33.8 Å². The summed E-state index contributed by atoms with van der Waals surface area (Å²) in [6.07, 6.45) is 4.37. The van der Waals surface area contributed by atoms with E-state index in [1.165, 1.54) is 30.7 Å². The molecule has 21 heavy (non-hydrogen) atoms. The van der Waals surface area contributed by atoms with Crippen molar-refractivity contribution in [1.82, 2.24) is 4.90 Å². The summed E-state index contributed by atoms with van der Waals surface area (Å²) >= 11 is 0. The predicted molar refractivity (Wildman–Crippen MR) is 77.0 cm³/mol. The van der Waals surface area contributed by atoms with Crippen LogP contribution < -0.4 is 0 Å². The average Bonchev–Trinajstić information content (AvgIpc) is 2.47. The maximum atomic E-state index is 11.4. The molecule has 1 atom stereocenters. The number of aliphatic imine (C=N–C) groups is 1. The third-order valence-electron chi connectivity index (χ3n) is 3.04. The minimum absolute atomic E-state index is 0.0554. The number of carboxylic acids is 1. The van der Waals surface area contributed by atoms with Gasteiger partial charge in [-0.05, 0) is 5.56 Å². The molecule has 0 bridgehead atoms. The molecule has 1 aliphatic rings. The van der Waals surface area contributed by atoms with E-state index in [9.17, 15) is 20.0 Å². The number of nitrogens with zero attached hydrogens (tertiary/aromatic N) is 3. The number of non-ortho nitro benzene ring substituents is 1. The molecule has 1 aromatic carbocycles. The fraction of sp³-hybridized carbons (Fsp3) is 0.143. The molecule has 1 unspecified atom stereocenters. The molecule has 1 N–H and O–H groups in total. The SMILES string of the molecule is C=CCN1C=NC=C(C(=O)O)C1c1cccc([N+](=O)[O-])c1. The summed E-state index contributed by atoms with van der Waals surface area (Å²) in [4.78, 5) is 27.3. The number of rotatable bonds is 5. The zero-order valence-corrected chi connectivity index (χ0v) is 11.0. The summed E-state index contributed by atoms with van der Waals surface area (Å²) in [5.41, 5.74) is 0.490. The summed E-state index contributed by atoms with van der Waals surface area (Å²) in [7, 11) is 0. The predicted octanol–water partition coefficient (Wildman–Crippen LogP) is 2.13. The maximum absolute atomic E-state index is 11.4. The Bertz CT molecular complexity index is 651. The average molecular weight is 287 g/mol. The van der Waals surface area contributed by atoms with Crippen molar-refractivity contribution in [2.45, 2.75) is 6.04 Å². The van der Waals surface area contributed by atoms with Crippen LogP contribution in [0.25, 0.3) is 0 Å². The van der Waals surface area contributed by atoms with Gasteiger partial charge in [-0.2, -0.15) is 0 Å². The van der Waals surface area contributed by atoms with Crippen molar-refractivity contribution in [1.29, 1.82) is 0 Å². The molecule has 0 saturated carbocycles. The lowest BCUT2D eigenvalue weighted by Crippen LogP contribution is -2.33. The molecule has 0 saturated heterocycles. The third-order valence-corrected chi connectivity index (χ3v) is 3.04. The van der Waals surface area contributed by atoms with Gasteiger partial charge >= 0.3 is 5.97 Å². The maximum Gasteiger partial charge on any atom is 0.335 e. The van der Waals surface area contributed by atoms with Gasteiger partial charge in [-0.15, -0.1) is 6.58 Å². The Morgan fingerprint density at radius 3 is 2.95 bits per heavy atom. The van der Waals surface area contributed by atoms with Gasteiger partial charge in [0, 0.05) is 24.9 Å². The highest BCUT2D eigenvalue weighted by atomic mass is 16.6. The first-order valence-electron chi connectivity index (χ1n) is 6.12. The quantitative estimate of drug-likeness (QED) is 0.508. The van der Waals surface area contributed by atoms with Crippen molar-refractivity contribution in [2.24, 2.45) is 4.99 Å². The van der Waals surface area contributed by atoms with Gasteiger partial charge in [0.25, 0.3) is 5.69 Å². The summed E-state index contributed by atoms with van der Waals surface area (Å²) in [5, 5.41) is 20.2. The lowest BCUT2D eigenvalue weighted by atomic mass is 9.96. The van der Waals surface area contributed by atoms with Crippen molar-refractivity contribution in [3.05, 3.63) is 64.4 Å². The second kappa shape index (κ2) is 6.00. The standard InChI is InChI=1S/C14H13N3O4/c1-2-6-16-9-15-8-12(14(18)19)13(16)10-4-3-5-11(7-10)17(20)21/h2-5,7-9,13H,1,6H2,(H,18,19). The largest absolute Gasteiger partial charge is 0.478 e. The van der Waals surface area contributed by atoms with Crippen molar-refractivity contribution in [3.8, 4) is 0 Å². The van der Waals surface area contributed by atoms with E-state index in [0.717, 1.165) is 0 Å². The van der Waals surface area contributed by atoms with Gasteiger partial charge in [0.15, 0.2) is 0 Å². The first-order valence-corrected chi connectivity index (χ1v) is 6.12. The highest BCUT2D eigenvalue weighted by Gasteiger charge is 2.29. The van der Waals surface area contributed by atoms with Crippen LogP contribution >= 0.6 is 0 Å². The smallest absolute Gasteiger partial charge is 0.335 e. The van der Waals surface area contributed by atoms with Crippen LogP contribution in [0.2, 0.25) is 0 Å². The van der Waals surface area contributed by atoms with Crippen molar-refractivity contribution < 1.29 is 14.8 Å². The monoisotopic (exact) mass is 287 g/mol. The van der Waals surface area contributed by atoms with Crippen LogP contribution in [0.4, 0.5) is 5.69 Å². The Morgan fingerprint density at radius 2 is 2.33 bits per heavy atom. The molecule has 0 radical (unpaired) electrons. The normalized spacial score (nSPS) is 17.2. The number of nitro benzene ring substituents is 1. The number of nitro groups is 1. The van der Waals surface area contributed by atoms with E-state index in [2.05, 4.69) is 11.6 Å². The first-order chi connectivity index (χ1) is 10.0. The van der Waals surface area contributed by atoms with Gasteiger partial charge in [-0.25, -0.2) is 9.79 Å². The molecular weight excluding hydrogens is 274 g/mol. The van der Waals surface area contributed by atoms with E-state index in [4.69, 9.17) is 0 Å². The van der Waals surface area contributed by atoms with Crippen LogP contribution in [0.15, 0.2) is 53.7 Å². The molecule has 0 aliphatic carbocycles. The Kier molecular flexibility index (Phi) is 4.13. The van der Waals surface area contributed by atoms with E-state index in [1.54, 1.807) is 17.0 Å². The molecule has 108 valence electrons. The molecule has 1 aromatic rings. The molecule has 0 amide bonds. The van der Waals surface area contributed by atoms with E-state index >= 15 is 0 Å². The number of carboxylic acid groups (broad SMARTS) is 1. The van der Waals surface area contributed by atoms with Gasteiger partial charge in [0.05, 0.1) is 22.9 Å². The van der Waals surface area contributed by atoms with Gasteiger partial charge in [0.2, 0.25) is 0 Å². The molecule has 0 spiro atoms. The van der Waals surface area contributed by atoms with Crippen molar-refractivity contribution in [3.63, 3.8) is 0 Å². The Balaban J connectivity index is 2.49. The third kappa shape index (κ3) is 2.97. The summed E-state index contributed by atoms with van der Waals surface area (Å²) in [5.74, 6) is -1.11. The van der Waals surface area contributed by atoms with E-state index in [-0.39, 0.29) is 11.3 Å². The Hall–Kier alpha value is -2.96. The number of hydrogen-bond acceptors (Lipinski definition) is 5. The van der Waals surface area contributed by atoms with Gasteiger partial charge in [0.1, 0.15) is 0 Å². The second-order valence-electron chi connectivity index (χ2n) is 4.39. The van der Waals surface area contributed by atoms with Crippen LogP contribution in [0.1, 0.15) is 11.6 Å². The highest BCUT2D eigenvalue weighted by Crippen LogP contribution is 2.32. The number of aliphatic carboxylic acids is 1. The molecule has 0 aromatic heterocycles. The summed E-state index contributed by atoms with van der Waals surface area (Å²) < 4.78 is 0. The lowest BCUT2D eigenvalue weighted by molar-refractivity contribution is -0.384. The topological polar surface area (TPSA) is 96.0 Å². The van der Waals surface area contributed by atoms with Crippen molar-refractivity contribution >= 4 is 18.0 Å². The molecule has 7 nitrogen and oxygen atoms in total. The van der Waals surface area contributed by atoms with E-state index < -0.39 is 16.9 Å².